The van der Waals surface area contributed by atoms with Gasteiger partial charge in [0.25, 0.3) is 0 Å². The second kappa shape index (κ2) is 18.3. The van der Waals surface area contributed by atoms with Gasteiger partial charge in [0.05, 0.1) is 24.4 Å². The Morgan fingerprint density at radius 1 is 0.538 bits per heavy atom. The van der Waals surface area contributed by atoms with E-state index in [4.69, 9.17) is 9.47 Å². The third-order valence-corrected chi connectivity index (χ3v) is 11.4. The van der Waals surface area contributed by atoms with Gasteiger partial charge < -0.3 is 86.1 Å². The minimum Gasteiger partial charge on any atom is -0.508 e. The molecule has 2 aliphatic carbocycles. The van der Waals surface area contributed by atoms with Crippen molar-refractivity contribution in [3.05, 3.63) is 117 Å². The minimum atomic E-state index is -3.89. The Balaban J connectivity index is 1.59. The van der Waals surface area contributed by atoms with Crippen LogP contribution in [0.5, 0.6) is 11.5 Å². The summed E-state index contributed by atoms with van der Waals surface area (Å²) in [6, 6.07) is 9.97. The van der Waals surface area contributed by atoms with Crippen molar-refractivity contribution in [1.82, 2.24) is 0 Å². The topological polar surface area (TPSA) is 407 Å². The number of hydrogen-bond acceptors (Lipinski definition) is 22. The third-order valence-electron chi connectivity index (χ3n) is 11.4. The number of allylic oxidation sites excluding steroid dienone is 6. The van der Waals surface area contributed by atoms with E-state index in [1.54, 1.807) is 0 Å². The van der Waals surface area contributed by atoms with Crippen LogP contribution in [0.25, 0.3) is 12.2 Å². The van der Waals surface area contributed by atoms with Crippen LogP contribution in [0, 0.1) is 0 Å². The van der Waals surface area contributed by atoms with E-state index in [1.807, 2.05) is 0 Å². The van der Waals surface area contributed by atoms with Crippen LogP contribution >= 0.6 is 0 Å². The summed E-state index contributed by atoms with van der Waals surface area (Å²) >= 11 is 0. The van der Waals surface area contributed by atoms with E-state index >= 15 is 0 Å². The lowest BCUT2D eigenvalue weighted by Gasteiger charge is -2.47. The fourth-order valence-electron chi connectivity index (χ4n) is 7.68. The molecular weight excluding hydrogens is 868 g/mol. The Labute approximate surface area is 365 Å². The molecule has 15 N–H and O–H groups in total. The van der Waals surface area contributed by atoms with Crippen molar-refractivity contribution in [1.29, 1.82) is 0 Å². The van der Waals surface area contributed by atoms with Gasteiger partial charge in [0.15, 0.2) is 11.6 Å². The summed E-state index contributed by atoms with van der Waals surface area (Å²) in [7, 11) is 0. The summed E-state index contributed by atoms with van der Waals surface area (Å²) in [5, 5.41) is 162. The summed E-state index contributed by atoms with van der Waals surface area (Å²) in [6.07, 6.45) is -19.9. The molecule has 6 rings (SSSR count). The summed E-state index contributed by atoms with van der Waals surface area (Å²) in [5.74, 6) is -14.7. The number of aromatic hydroxyl groups is 2. The molecule has 22 nitrogen and oxygen atoms in total. The van der Waals surface area contributed by atoms with Crippen LogP contribution in [-0.4, -0.2) is 191 Å². The molecule has 0 aromatic heterocycles. The molecule has 2 heterocycles. The first kappa shape index (κ1) is 48.2. The number of benzene rings is 2. The number of carbonyl (C=O) groups excluding carboxylic acids is 5. The Bertz CT molecular complexity index is 2460. The van der Waals surface area contributed by atoms with Crippen LogP contribution < -0.4 is 0 Å². The SMILES string of the molecule is O=C(/C=C/c1ccc(O)cc1)C1=C(O)C(O)([C@@H]2O[C@H](CO)[C@@H](O)[C@H](O)[C@H]2O)C(=O)/C(=C/C2=C(O)C(O)([C@@H]3O[C@H](CO)[C@@H](O)[C@H](O)[C@H]3O)C(O)=C(C(=O)/C=C/c3ccc(O)cc3)C2=O)C1=O. The first-order chi connectivity index (χ1) is 30.5. The van der Waals surface area contributed by atoms with Gasteiger partial charge in [-0.15, -0.1) is 0 Å². The summed E-state index contributed by atoms with van der Waals surface area (Å²) in [6.45, 7) is -2.32. The number of aliphatic hydroxyl groups excluding tert-OH is 11. The van der Waals surface area contributed by atoms with Gasteiger partial charge in [0.2, 0.25) is 28.6 Å². The number of phenols is 2. The molecule has 2 unspecified atom stereocenters. The lowest BCUT2D eigenvalue weighted by molar-refractivity contribution is -0.265. The van der Waals surface area contributed by atoms with Crippen LogP contribution in [0.15, 0.2) is 106 Å². The van der Waals surface area contributed by atoms with Crippen LogP contribution in [0.4, 0.5) is 0 Å². The van der Waals surface area contributed by atoms with Crippen LogP contribution in [0.1, 0.15) is 11.1 Å². The fraction of sp³-hybridized carbons (Fsp3) is 0.326. The van der Waals surface area contributed by atoms with Crippen LogP contribution in [0.3, 0.4) is 0 Å². The maximum atomic E-state index is 14.5. The van der Waals surface area contributed by atoms with E-state index in [-0.39, 0.29) is 28.7 Å². The molecule has 0 spiro atoms. The van der Waals surface area contributed by atoms with Gasteiger partial charge in [0.1, 0.15) is 101 Å². The van der Waals surface area contributed by atoms with E-state index in [1.165, 1.54) is 48.5 Å². The molecule has 2 aromatic rings. The van der Waals surface area contributed by atoms with Gasteiger partial charge in [-0.1, -0.05) is 36.4 Å². The molecule has 0 saturated carbocycles. The highest BCUT2D eigenvalue weighted by Gasteiger charge is 2.64. The summed E-state index contributed by atoms with van der Waals surface area (Å²) in [5.41, 5.74) is -13.4. The highest BCUT2D eigenvalue weighted by atomic mass is 16.6. The molecule has 22 heteroatoms. The predicted octanol–water partition coefficient (Wildman–Crippen LogP) is -3.79. The lowest BCUT2D eigenvalue weighted by Crippen LogP contribution is -2.69. The number of ether oxygens (including phenoxy) is 2. The number of Topliss-reactive ketones (excluding diaryl/α,β-unsaturated/α-hetero) is 3. The highest BCUT2D eigenvalue weighted by molar-refractivity contribution is 6.42. The monoisotopic (exact) mass is 910 g/mol. The molecule has 0 bridgehead atoms. The number of ketones is 5. The standard InChI is InChI=1S/C43H42O22/c44-14-24-30(52)32(54)34(56)40(64-24)42(62)36(58)20(28(50)26(38(42)60)22(48)11-5-16-1-7-18(46)8-2-16)13-21-29(51)27(23(49)12-6-17-3-9-19(47)10-4-17)39(61)43(63,37(21)59)41-35(57)33(55)31(53)25(15-45)65-41/h1-13,24-25,30-35,40-41,44-47,52-58,60-63H,14-15H2/b11-5+,12-6+,21-13+/t24-,25-,30-,31-,32+,33+,34-,35-,40-,41-,42?,43?/m1/s1. The first-order valence-corrected chi connectivity index (χ1v) is 19.3. The minimum absolute atomic E-state index is 0.0686. The number of phenolic OH excluding ortho intramolecular Hbond substituents is 2. The Morgan fingerprint density at radius 3 is 1.34 bits per heavy atom. The van der Waals surface area contributed by atoms with Crippen molar-refractivity contribution in [2.24, 2.45) is 0 Å². The Morgan fingerprint density at radius 2 is 0.923 bits per heavy atom. The molecular formula is C43H42O22. The van der Waals surface area contributed by atoms with Crippen molar-refractivity contribution in [3.8, 4) is 11.5 Å². The fourth-order valence-corrected chi connectivity index (χ4v) is 7.68. The normalized spacial score (nSPS) is 34.4. The maximum Gasteiger partial charge on any atom is 0.214 e. The third kappa shape index (κ3) is 8.22. The second-order valence-electron chi connectivity index (χ2n) is 15.4. The van der Waals surface area contributed by atoms with Gasteiger partial charge >= 0.3 is 0 Å². The average Bonchev–Trinajstić information content (AvgIpc) is 3.28. The van der Waals surface area contributed by atoms with E-state index < -0.39 is 154 Å². The largest absolute Gasteiger partial charge is 0.508 e. The maximum absolute atomic E-state index is 14.5. The van der Waals surface area contributed by atoms with Crippen molar-refractivity contribution in [3.63, 3.8) is 0 Å². The van der Waals surface area contributed by atoms with E-state index in [9.17, 15) is 101 Å². The summed E-state index contributed by atoms with van der Waals surface area (Å²) < 4.78 is 10.7. The van der Waals surface area contributed by atoms with Gasteiger partial charge in [-0.05, 0) is 53.6 Å². The molecule has 0 radical (unpaired) electrons. The zero-order valence-corrected chi connectivity index (χ0v) is 33.3. The lowest BCUT2D eigenvalue weighted by atomic mass is 9.70. The molecule has 346 valence electrons. The number of carbonyl (C=O) groups is 5. The van der Waals surface area contributed by atoms with Gasteiger partial charge in [-0.2, -0.15) is 0 Å². The predicted molar refractivity (Wildman–Crippen MR) is 214 cm³/mol. The van der Waals surface area contributed by atoms with Gasteiger partial charge in [-0.3, -0.25) is 24.0 Å². The number of aliphatic hydroxyl groups is 13. The quantitative estimate of drug-likeness (QED) is 0.0759. The Kier molecular flexibility index (Phi) is 13.6. The second-order valence-corrected chi connectivity index (χ2v) is 15.4. The Hall–Kier alpha value is -6.25. The average molecular weight is 911 g/mol. The van der Waals surface area contributed by atoms with Gasteiger partial charge in [0, 0.05) is 0 Å². The molecule has 12 atom stereocenters. The zero-order chi connectivity index (χ0) is 48.0. The number of rotatable bonds is 11. The van der Waals surface area contributed by atoms with Crippen molar-refractivity contribution < 1.29 is 110 Å². The van der Waals surface area contributed by atoms with Crippen molar-refractivity contribution in [2.45, 2.75) is 72.2 Å². The molecule has 2 aliphatic heterocycles. The molecule has 0 amide bonds. The van der Waals surface area contributed by atoms with Crippen molar-refractivity contribution in [2.75, 3.05) is 13.2 Å². The van der Waals surface area contributed by atoms with Crippen LogP contribution in [0.2, 0.25) is 0 Å². The first-order valence-electron chi connectivity index (χ1n) is 19.3. The summed E-state index contributed by atoms with van der Waals surface area (Å²) in [4.78, 5) is 70.9. The molecule has 4 aliphatic rings. The smallest absolute Gasteiger partial charge is 0.214 e. The zero-order valence-electron chi connectivity index (χ0n) is 33.3. The molecule has 2 saturated heterocycles. The van der Waals surface area contributed by atoms with E-state index in [2.05, 4.69) is 0 Å². The molecule has 65 heavy (non-hydrogen) atoms. The molecule has 2 fully saturated rings. The number of hydrogen-bond donors (Lipinski definition) is 15. The van der Waals surface area contributed by atoms with Crippen molar-refractivity contribution >= 4 is 41.1 Å². The highest BCUT2D eigenvalue weighted by Crippen LogP contribution is 2.45. The van der Waals surface area contributed by atoms with E-state index in [0.29, 0.717) is 12.2 Å². The van der Waals surface area contributed by atoms with Crippen LogP contribution in [-0.2, 0) is 33.4 Å². The molecule has 2 aromatic carbocycles. The van der Waals surface area contributed by atoms with Gasteiger partial charge in [-0.25, -0.2) is 0 Å². The van der Waals surface area contributed by atoms with E-state index in [0.717, 1.165) is 12.2 Å².